The number of aliphatic hydroxyl groups is 2. The molecule has 1 heterocycles. The molecule has 0 amide bonds. The lowest BCUT2D eigenvalue weighted by Crippen LogP contribution is -2.42. The van der Waals surface area contributed by atoms with Crippen LogP contribution in [0.1, 0.15) is 12.5 Å². The Balaban J connectivity index is 3.00. The fourth-order valence-electron chi connectivity index (χ4n) is 1.10. The molecular weight excluding hydrogens is 273 g/mol. The number of hydrogen-bond acceptors (Lipinski definition) is 4. The van der Waals surface area contributed by atoms with Crippen molar-refractivity contribution in [3.05, 3.63) is 22.8 Å². The predicted octanol–water partition coefficient (Wildman–Crippen LogP) is 1.91. The third-order valence-corrected chi connectivity index (χ3v) is 2.57. The van der Waals surface area contributed by atoms with Crippen molar-refractivity contribution in [2.24, 2.45) is 0 Å². The first-order valence-corrected chi connectivity index (χ1v) is 5.32. The second kappa shape index (κ2) is 5.29. The van der Waals surface area contributed by atoms with Gasteiger partial charge in [-0.2, -0.15) is 13.2 Å². The zero-order valence-electron chi connectivity index (χ0n) is 9.42. The Hall–Kier alpha value is -1.05. The van der Waals surface area contributed by atoms with Gasteiger partial charge in [-0.05, 0) is 13.0 Å². The number of halogens is 4. The molecule has 3 N–H and O–H groups in total. The lowest BCUT2D eigenvalue weighted by Gasteiger charge is -2.27. The van der Waals surface area contributed by atoms with E-state index in [0.29, 0.717) is 6.20 Å². The first-order valence-electron chi connectivity index (χ1n) is 4.94. The molecule has 0 spiro atoms. The molecule has 0 radical (unpaired) electrons. The van der Waals surface area contributed by atoms with Gasteiger partial charge in [0.15, 0.2) is 0 Å². The average molecular weight is 285 g/mol. The van der Waals surface area contributed by atoms with Crippen LogP contribution in [0.4, 0.5) is 19.0 Å². The van der Waals surface area contributed by atoms with Gasteiger partial charge in [0.2, 0.25) is 0 Å². The molecule has 0 fully saturated rings. The largest absolute Gasteiger partial charge is 0.417 e. The van der Waals surface area contributed by atoms with Crippen molar-refractivity contribution in [3.63, 3.8) is 0 Å². The first-order chi connectivity index (χ1) is 8.22. The number of aliphatic hydroxyl groups excluding tert-OH is 2. The molecule has 0 atom stereocenters. The number of anilines is 1. The van der Waals surface area contributed by atoms with Crippen molar-refractivity contribution in [1.29, 1.82) is 0 Å². The van der Waals surface area contributed by atoms with Crippen LogP contribution < -0.4 is 5.32 Å². The van der Waals surface area contributed by atoms with E-state index in [9.17, 15) is 13.2 Å². The van der Waals surface area contributed by atoms with E-state index in [-0.39, 0.29) is 10.8 Å². The van der Waals surface area contributed by atoms with E-state index in [1.54, 1.807) is 0 Å². The lowest BCUT2D eigenvalue weighted by molar-refractivity contribution is -0.137. The molecule has 1 aromatic heterocycles. The number of hydrogen-bond donors (Lipinski definition) is 3. The van der Waals surface area contributed by atoms with Crippen molar-refractivity contribution in [2.75, 3.05) is 18.5 Å². The molecule has 0 saturated carbocycles. The standard InChI is InChI=1S/C10H12ClF3N2O2/c1-9(4-17,5-18)16-8-7(11)2-6(3-15-8)10(12,13)14/h2-3,17-18H,4-5H2,1H3,(H,15,16). The van der Waals surface area contributed by atoms with Crippen LogP contribution >= 0.6 is 11.6 Å². The van der Waals surface area contributed by atoms with Crippen LogP contribution in [0.25, 0.3) is 0 Å². The normalized spacial score (nSPS) is 12.6. The molecular formula is C10H12ClF3N2O2. The van der Waals surface area contributed by atoms with Gasteiger partial charge >= 0.3 is 6.18 Å². The van der Waals surface area contributed by atoms with E-state index in [1.165, 1.54) is 6.92 Å². The molecule has 0 unspecified atom stereocenters. The second-order valence-corrected chi connectivity index (χ2v) is 4.46. The number of aromatic nitrogens is 1. The molecule has 102 valence electrons. The number of pyridine rings is 1. The molecule has 0 aliphatic carbocycles. The minimum atomic E-state index is -4.52. The minimum Gasteiger partial charge on any atom is -0.394 e. The Morgan fingerprint density at radius 3 is 2.28 bits per heavy atom. The Morgan fingerprint density at radius 2 is 1.89 bits per heavy atom. The highest BCUT2D eigenvalue weighted by Crippen LogP contribution is 2.32. The van der Waals surface area contributed by atoms with E-state index in [2.05, 4.69) is 10.3 Å². The quantitative estimate of drug-likeness (QED) is 0.790. The van der Waals surface area contributed by atoms with Crippen LogP contribution in [-0.2, 0) is 6.18 Å². The summed E-state index contributed by atoms with van der Waals surface area (Å²) in [5.74, 6) is -0.0322. The van der Waals surface area contributed by atoms with Crippen LogP contribution in [-0.4, -0.2) is 33.9 Å². The fourth-order valence-corrected chi connectivity index (χ4v) is 1.31. The maximum absolute atomic E-state index is 12.4. The summed E-state index contributed by atoms with van der Waals surface area (Å²) in [6.07, 6.45) is -3.89. The number of alkyl halides is 3. The van der Waals surface area contributed by atoms with Crippen LogP contribution in [0, 0.1) is 0 Å². The first kappa shape index (κ1) is 15.0. The van der Waals surface area contributed by atoms with E-state index in [0.717, 1.165) is 6.07 Å². The molecule has 18 heavy (non-hydrogen) atoms. The summed E-state index contributed by atoms with van der Waals surface area (Å²) in [4.78, 5) is 3.54. The van der Waals surface area contributed by atoms with Crippen molar-refractivity contribution in [1.82, 2.24) is 4.98 Å². The fraction of sp³-hybridized carbons (Fsp3) is 0.500. The monoisotopic (exact) mass is 284 g/mol. The van der Waals surface area contributed by atoms with Crippen LogP contribution in [0.2, 0.25) is 5.02 Å². The maximum atomic E-state index is 12.4. The summed E-state index contributed by atoms with van der Waals surface area (Å²) in [7, 11) is 0. The van der Waals surface area contributed by atoms with E-state index in [4.69, 9.17) is 21.8 Å². The highest BCUT2D eigenvalue weighted by Gasteiger charge is 2.32. The summed E-state index contributed by atoms with van der Waals surface area (Å²) in [5, 5.41) is 20.4. The van der Waals surface area contributed by atoms with Gasteiger partial charge < -0.3 is 15.5 Å². The van der Waals surface area contributed by atoms with Gasteiger partial charge in [0.1, 0.15) is 5.82 Å². The third kappa shape index (κ3) is 3.47. The number of nitrogens with one attached hydrogen (secondary N) is 1. The lowest BCUT2D eigenvalue weighted by atomic mass is 10.1. The minimum absolute atomic E-state index is 0.0322. The van der Waals surface area contributed by atoms with Crippen LogP contribution in [0.3, 0.4) is 0 Å². The average Bonchev–Trinajstić information content (AvgIpc) is 2.30. The third-order valence-electron chi connectivity index (χ3n) is 2.29. The Labute approximate surface area is 106 Å². The summed E-state index contributed by atoms with van der Waals surface area (Å²) in [6, 6.07) is 0.728. The molecule has 4 nitrogen and oxygen atoms in total. The smallest absolute Gasteiger partial charge is 0.394 e. The Bertz CT molecular complexity index is 422. The van der Waals surface area contributed by atoms with Crippen LogP contribution in [0.5, 0.6) is 0 Å². The summed E-state index contributed by atoms with van der Waals surface area (Å²) < 4.78 is 37.1. The van der Waals surface area contributed by atoms with E-state index in [1.807, 2.05) is 0 Å². The number of nitrogens with zero attached hydrogens (tertiary/aromatic N) is 1. The van der Waals surface area contributed by atoms with E-state index >= 15 is 0 Å². The SMILES string of the molecule is CC(CO)(CO)Nc1ncc(C(F)(F)F)cc1Cl. The van der Waals surface area contributed by atoms with Gasteiger partial charge in [-0.25, -0.2) is 4.98 Å². The molecule has 0 aliphatic rings. The van der Waals surface area contributed by atoms with Gasteiger partial charge in [0.05, 0.1) is 29.3 Å². The van der Waals surface area contributed by atoms with Gasteiger partial charge in [0, 0.05) is 6.20 Å². The molecule has 0 saturated heterocycles. The van der Waals surface area contributed by atoms with Gasteiger partial charge in [0.25, 0.3) is 0 Å². The van der Waals surface area contributed by atoms with Crippen LogP contribution in [0.15, 0.2) is 12.3 Å². The Kier molecular flexibility index (Phi) is 4.41. The zero-order valence-corrected chi connectivity index (χ0v) is 10.2. The summed E-state index contributed by atoms with van der Waals surface area (Å²) in [6.45, 7) is 0.619. The van der Waals surface area contributed by atoms with Crippen molar-refractivity contribution >= 4 is 17.4 Å². The molecule has 8 heteroatoms. The topological polar surface area (TPSA) is 65.4 Å². The van der Waals surface area contributed by atoms with Gasteiger partial charge in [-0.15, -0.1) is 0 Å². The molecule has 1 aromatic rings. The van der Waals surface area contributed by atoms with Crippen molar-refractivity contribution in [3.8, 4) is 0 Å². The summed E-state index contributed by atoms with van der Waals surface area (Å²) in [5.41, 5.74) is -2.08. The zero-order chi connectivity index (χ0) is 14.0. The predicted molar refractivity (Wildman–Crippen MR) is 60.4 cm³/mol. The molecule has 1 rings (SSSR count). The molecule has 0 aliphatic heterocycles. The highest BCUT2D eigenvalue weighted by molar-refractivity contribution is 6.33. The summed E-state index contributed by atoms with van der Waals surface area (Å²) >= 11 is 5.67. The van der Waals surface area contributed by atoms with Gasteiger partial charge in [-0.3, -0.25) is 0 Å². The van der Waals surface area contributed by atoms with Crippen molar-refractivity contribution in [2.45, 2.75) is 18.6 Å². The maximum Gasteiger partial charge on any atom is 0.417 e. The van der Waals surface area contributed by atoms with Gasteiger partial charge in [-0.1, -0.05) is 11.6 Å². The number of rotatable bonds is 4. The second-order valence-electron chi connectivity index (χ2n) is 4.05. The molecule has 0 bridgehead atoms. The van der Waals surface area contributed by atoms with Crippen molar-refractivity contribution < 1.29 is 23.4 Å². The highest BCUT2D eigenvalue weighted by atomic mass is 35.5. The Morgan fingerprint density at radius 1 is 1.33 bits per heavy atom. The van der Waals surface area contributed by atoms with E-state index < -0.39 is 30.5 Å². The molecule has 0 aromatic carbocycles.